The van der Waals surface area contributed by atoms with E-state index >= 15 is 0 Å². The van der Waals surface area contributed by atoms with Gasteiger partial charge in [-0.15, -0.1) is 0 Å². The number of ether oxygens (including phenoxy) is 1. The second kappa shape index (κ2) is 10.1. The Morgan fingerprint density at radius 2 is 1.93 bits per heavy atom. The molecule has 0 radical (unpaired) electrons. The van der Waals surface area contributed by atoms with Gasteiger partial charge < -0.3 is 10.1 Å². The Morgan fingerprint density at radius 3 is 2.67 bits per heavy atom. The highest BCUT2D eigenvalue weighted by molar-refractivity contribution is 9.10. The Labute approximate surface area is 177 Å². The number of carbonyl (C=O) groups is 1. The lowest BCUT2D eigenvalue weighted by Crippen LogP contribution is -2.17. The number of thioether (sulfide) groups is 1. The summed E-state index contributed by atoms with van der Waals surface area (Å²) in [6.07, 6.45) is 6.20. The third-order valence-electron chi connectivity index (χ3n) is 4.11. The molecule has 1 fully saturated rings. The molecule has 140 valence electrons. The number of carbonyl (C=O) groups excluding carboxylic acids is 1. The lowest BCUT2D eigenvalue weighted by molar-refractivity contribution is -0.115. The summed E-state index contributed by atoms with van der Waals surface area (Å²) in [6.45, 7) is 0.657. The van der Waals surface area contributed by atoms with Crippen LogP contribution >= 0.6 is 39.9 Å². The highest BCUT2D eigenvalue weighted by Gasteiger charge is 2.22. The van der Waals surface area contributed by atoms with Gasteiger partial charge in [0.25, 0.3) is 5.91 Å². The number of thiocarbonyl (C=S) groups is 1. The minimum atomic E-state index is -0.156. The number of hydrogen-bond acceptors (Lipinski definition) is 4. The van der Waals surface area contributed by atoms with Gasteiger partial charge in [0.05, 0.1) is 11.5 Å². The zero-order chi connectivity index (χ0) is 19.1. The van der Waals surface area contributed by atoms with Crippen LogP contribution in [0, 0.1) is 0 Å². The Bertz CT molecular complexity index is 853. The maximum absolute atomic E-state index is 11.9. The molecule has 3 rings (SSSR count). The number of unbranched alkanes of at least 4 members (excludes halogenated alkanes) is 2. The summed E-state index contributed by atoms with van der Waals surface area (Å²) in [5.74, 6) is 0.622. The maximum atomic E-state index is 11.9. The van der Waals surface area contributed by atoms with Crippen LogP contribution in [0.1, 0.15) is 30.4 Å². The summed E-state index contributed by atoms with van der Waals surface area (Å²) in [4.78, 5) is 12.5. The molecule has 0 saturated carbocycles. The molecular weight excluding hydrogens is 442 g/mol. The fourth-order valence-electron chi connectivity index (χ4n) is 2.76. The van der Waals surface area contributed by atoms with Crippen molar-refractivity contribution in [3.63, 3.8) is 0 Å². The van der Waals surface area contributed by atoms with Gasteiger partial charge >= 0.3 is 0 Å². The lowest BCUT2D eigenvalue weighted by atomic mass is 10.1. The van der Waals surface area contributed by atoms with Crippen LogP contribution in [0.15, 0.2) is 57.9 Å². The topological polar surface area (TPSA) is 38.3 Å². The van der Waals surface area contributed by atoms with E-state index in [1.165, 1.54) is 17.3 Å². The van der Waals surface area contributed by atoms with Crippen molar-refractivity contribution in [3.8, 4) is 5.75 Å². The van der Waals surface area contributed by atoms with Crippen molar-refractivity contribution in [2.75, 3.05) is 6.61 Å². The highest BCUT2D eigenvalue weighted by Crippen LogP contribution is 2.31. The molecule has 0 aromatic heterocycles. The zero-order valence-corrected chi connectivity index (χ0v) is 18.0. The quantitative estimate of drug-likeness (QED) is 0.309. The second-order valence-electron chi connectivity index (χ2n) is 6.18. The summed E-state index contributed by atoms with van der Waals surface area (Å²) in [5, 5.41) is 2.64. The molecule has 1 aliphatic heterocycles. The van der Waals surface area contributed by atoms with Crippen LogP contribution in [-0.2, 0) is 11.2 Å². The smallest absolute Gasteiger partial charge is 0.263 e. The molecule has 6 heteroatoms. The minimum absolute atomic E-state index is 0.156. The molecule has 1 saturated heterocycles. The van der Waals surface area contributed by atoms with E-state index in [4.69, 9.17) is 17.0 Å². The first-order valence-electron chi connectivity index (χ1n) is 8.83. The molecule has 1 heterocycles. The van der Waals surface area contributed by atoms with Crippen molar-refractivity contribution in [2.24, 2.45) is 0 Å². The summed E-state index contributed by atoms with van der Waals surface area (Å²) < 4.78 is 7.41. The molecule has 3 nitrogen and oxygen atoms in total. The molecule has 2 aromatic carbocycles. The van der Waals surface area contributed by atoms with Crippen LogP contribution in [0.3, 0.4) is 0 Å². The number of aryl methyl sites for hydroxylation is 1. The van der Waals surface area contributed by atoms with E-state index in [9.17, 15) is 4.79 Å². The molecular formula is C21H20BrNO2S2. The van der Waals surface area contributed by atoms with Gasteiger partial charge in [-0.3, -0.25) is 4.79 Å². The van der Waals surface area contributed by atoms with Gasteiger partial charge in [-0.05, 0) is 55.5 Å². The van der Waals surface area contributed by atoms with Crippen LogP contribution < -0.4 is 10.1 Å². The van der Waals surface area contributed by atoms with Gasteiger partial charge in [-0.1, -0.05) is 70.2 Å². The zero-order valence-electron chi connectivity index (χ0n) is 14.7. The number of benzene rings is 2. The van der Waals surface area contributed by atoms with E-state index in [1.807, 2.05) is 30.3 Å². The fraction of sp³-hybridized carbons (Fsp3) is 0.238. The molecule has 2 aromatic rings. The normalized spacial score (nSPS) is 15.2. The number of nitrogens with one attached hydrogen (secondary N) is 1. The summed E-state index contributed by atoms with van der Waals surface area (Å²) in [7, 11) is 0. The number of halogens is 1. The first kappa shape index (κ1) is 20.1. The Balaban J connectivity index is 1.52. The molecule has 27 heavy (non-hydrogen) atoms. The SMILES string of the molecule is O=C1NC(=S)S/C1=C/c1cc(Br)ccc1OCCCCCc1ccccc1. The van der Waals surface area contributed by atoms with Gasteiger partial charge in [-0.2, -0.15) is 0 Å². The average molecular weight is 462 g/mol. The third-order valence-corrected chi connectivity index (χ3v) is 5.77. The molecule has 0 spiro atoms. The predicted molar refractivity (Wildman–Crippen MR) is 120 cm³/mol. The third kappa shape index (κ3) is 6.19. The van der Waals surface area contributed by atoms with Crippen LogP contribution in [0.4, 0.5) is 0 Å². The van der Waals surface area contributed by atoms with E-state index in [-0.39, 0.29) is 5.91 Å². The standard InChI is InChI=1S/C21H20BrNO2S2/c22-17-10-11-18(16(13-17)14-19-20(24)23-21(26)27-19)25-12-6-2-5-9-15-7-3-1-4-8-15/h1,3-4,7-8,10-11,13-14H,2,5-6,9,12H2,(H,23,24,26)/b19-14+. The molecule has 0 aliphatic carbocycles. The predicted octanol–water partition coefficient (Wildman–Crippen LogP) is 5.73. The lowest BCUT2D eigenvalue weighted by Gasteiger charge is -2.10. The number of rotatable bonds is 8. The first-order valence-corrected chi connectivity index (χ1v) is 10.8. The minimum Gasteiger partial charge on any atom is -0.493 e. The van der Waals surface area contributed by atoms with Crippen molar-refractivity contribution >= 4 is 56.2 Å². The van der Waals surface area contributed by atoms with Crippen molar-refractivity contribution < 1.29 is 9.53 Å². The highest BCUT2D eigenvalue weighted by atomic mass is 79.9. The van der Waals surface area contributed by atoms with Gasteiger partial charge in [0, 0.05) is 10.0 Å². The Hall–Kier alpha value is -1.63. The van der Waals surface area contributed by atoms with E-state index in [2.05, 4.69) is 45.5 Å². The second-order valence-corrected chi connectivity index (χ2v) is 8.81. The van der Waals surface area contributed by atoms with Crippen LogP contribution in [-0.4, -0.2) is 16.8 Å². The van der Waals surface area contributed by atoms with Gasteiger partial charge in [0.1, 0.15) is 10.1 Å². The van der Waals surface area contributed by atoms with Crippen molar-refractivity contribution in [3.05, 3.63) is 69.0 Å². The average Bonchev–Trinajstić information content (AvgIpc) is 2.97. The fourth-order valence-corrected chi connectivity index (χ4v) is 4.17. The summed E-state index contributed by atoms with van der Waals surface area (Å²) in [5.41, 5.74) is 2.25. The monoisotopic (exact) mass is 461 g/mol. The molecule has 0 bridgehead atoms. The van der Waals surface area contributed by atoms with Gasteiger partial charge in [0.2, 0.25) is 0 Å². The number of hydrogen-bond donors (Lipinski definition) is 1. The maximum Gasteiger partial charge on any atom is 0.263 e. The van der Waals surface area contributed by atoms with Crippen molar-refractivity contribution in [1.82, 2.24) is 5.32 Å². The van der Waals surface area contributed by atoms with Gasteiger partial charge in [-0.25, -0.2) is 0 Å². The molecule has 1 N–H and O–H groups in total. The molecule has 0 atom stereocenters. The van der Waals surface area contributed by atoms with Crippen LogP contribution in [0.25, 0.3) is 6.08 Å². The van der Waals surface area contributed by atoms with E-state index in [1.54, 1.807) is 0 Å². The largest absolute Gasteiger partial charge is 0.493 e. The Morgan fingerprint density at radius 1 is 1.11 bits per heavy atom. The van der Waals surface area contributed by atoms with Crippen LogP contribution in [0.2, 0.25) is 0 Å². The molecule has 1 aliphatic rings. The molecule has 0 unspecified atom stereocenters. The summed E-state index contributed by atoms with van der Waals surface area (Å²) in [6, 6.07) is 16.4. The van der Waals surface area contributed by atoms with Crippen molar-refractivity contribution in [1.29, 1.82) is 0 Å². The first-order chi connectivity index (χ1) is 13.1. The summed E-state index contributed by atoms with van der Waals surface area (Å²) >= 11 is 9.80. The van der Waals surface area contributed by atoms with Crippen LogP contribution in [0.5, 0.6) is 5.75 Å². The van der Waals surface area contributed by atoms with E-state index in [0.717, 1.165) is 41.5 Å². The molecule has 1 amide bonds. The van der Waals surface area contributed by atoms with Gasteiger partial charge in [0.15, 0.2) is 0 Å². The number of amides is 1. The van der Waals surface area contributed by atoms with E-state index in [0.29, 0.717) is 15.8 Å². The Kier molecular flexibility index (Phi) is 7.50. The van der Waals surface area contributed by atoms with Crippen molar-refractivity contribution in [2.45, 2.75) is 25.7 Å². The van der Waals surface area contributed by atoms with E-state index < -0.39 is 0 Å².